The van der Waals surface area contributed by atoms with E-state index in [1.807, 2.05) is 12.4 Å². The van der Waals surface area contributed by atoms with Gasteiger partial charge in [0.2, 0.25) is 0 Å². The van der Waals surface area contributed by atoms with Gasteiger partial charge in [0.05, 0.1) is 23.4 Å². The Hall–Kier alpha value is -1.92. The lowest BCUT2D eigenvalue weighted by molar-refractivity contribution is 1.12. The molecule has 20 heavy (non-hydrogen) atoms. The van der Waals surface area contributed by atoms with Crippen LogP contribution < -0.4 is 0 Å². The first kappa shape index (κ1) is 11.9. The number of rotatable bonds is 3. The second-order valence-corrected chi connectivity index (χ2v) is 6.68. The van der Waals surface area contributed by atoms with Gasteiger partial charge in [-0.05, 0) is 36.4 Å². The third kappa shape index (κ3) is 2.17. The molecule has 0 radical (unpaired) electrons. The number of hydrogen-bond donors (Lipinski definition) is 2. The summed E-state index contributed by atoms with van der Waals surface area (Å²) in [4.78, 5) is 2.44. The summed E-state index contributed by atoms with van der Waals surface area (Å²) in [5, 5.41) is 16.3. The Bertz CT molecular complexity index is 807. The number of aromatic nitrogens is 4. The van der Waals surface area contributed by atoms with E-state index in [-0.39, 0.29) is 0 Å². The van der Waals surface area contributed by atoms with Crippen molar-refractivity contribution in [3.8, 4) is 0 Å². The molecule has 2 aromatic heterocycles. The van der Waals surface area contributed by atoms with Gasteiger partial charge < -0.3 is 0 Å². The number of nitrogens with one attached hydrogen (secondary N) is 2. The van der Waals surface area contributed by atoms with Crippen LogP contribution in [0.2, 0.25) is 0 Å². The Morgan fingerprint density at radius 3 is 1.70 bits per heavy atom. The summed E-state index contributed by atoms with van der Waals surface area (Å²) in [7, 11) is 3.49. The Morgan fingerprint density at radius 1 is 0.700 bits per heavy atom. The van der Waals surface area contributed by atoms with Gasteiger partial charge in [0.1, 0.15) is 0 Å². The third-order valence-electron chi connectivity index (χ3n) is 3.06. The fourth-order valence-corrected chi connectivity index (χ4v) is 4.03. The maximum atomic E-state index is 4.04. The van der Waals surface area contributed by atoms with Crippen LogP contribution in [0, 0.1) is 0 Å². The second kappa shape index (κ2) is 4.88. The maximum Gasteiger partial charge on any atom is 0.0651 e. The van der Waals surface area contributed by atoms with Crippen molar-refractivity contribution in [3.63, 3.8) is 0 Å². The van der Waals surface area contributed by atoms with E-state index in [2.05, 4.69) is 56.8 Å². The highest BCUT2D eigenvalue weighted by Crippen LogP contribution is 2.38. The Balaban J connectivity index is 1.56. The lowest BCUT2D eigenvalue weighted by Gasteiger charge is -2.01. The van der Waals surface area contributed by atoms with Crippen molar-refractivity contribution in [2.75, 3.05) is 0 Å². The van der Waals surface area contributed by atoms with E-state index in [1.165, 1.54) is 9.79 Å². The van der Waals surface area contributed by atoms with E-state index in [1.54, 1.807) is 21.6 Å². The first-order valence-electron chi connectivity index (χ1n) is 6.09. The van der Waals surface area contributed by atoms with Gasteiger partial charge in [-0.3, -0.25) is 10.2 Å². The molecule has 0 fully saturated rings. The van der Waals surface area contributed by atoms with Crippen LogP contribution in [0.1, 0.15) is 0 Å². The van der Waals surface area contributed by atoms with E-state index in [9.17, 15) is 0 Å². The maximum absolute atomic E-state index is 4.04. The van der Waals surface area contributed by atoms with Crippen LogP contribution in [0.5, 0.6) is 0 Å². The molecular weight excluding hydrogens is 288 g/mol. The summed E-state index contributed by atoms with van der Waals surface area (Å²) in [5.41, 5.74) is 2.14. The summed E-state index contributed by atoms with van der Waals surface area (Å²) >= 11 is 0. The molecule has 4 nitrogen and oxygen atoms in total. The van der Waals surface area contributed by atoms with Crippen molar-refractivity contribution in [1.29, 1.82) is 0 Å². The standard InChI is InChI=1S/C14H10N4S2/c1-3-13-9(7-15-17-13)5-11(1)19-20-12-2-4-14-10(6-12)8-16-18-14/h1-8H,(H,15,17)(H,16,18). The van der Waals surface area contributed by atoms with Crippen LogP contribution in [0.15, 0.2) is 58.6 Å². The molecule has 0 atom stereocenters. The van der Waals surface area contributed by atoms with Gasteiger partial charge in [0.25, 0.3) is 0 Å². The highest BCUT2D eigenvalue weighted by Gasteiger charge is 2.02. The summed E-state index contributed by atoms with van der Waals surface area (Å²) in [6.07, 6.45) is 3.70. The van der Waals surface area contributed by atoms with Gasteiger partial charge in [-0.25, -0.2) is 0 Å². The van der Waals surface area contributed by atoms with Crippen molar-refractivity contribution in [1.82, 2.24) is 20.4 Å². The topological polar surface area (TPSA) is 57.4 Å². The van der Waals surface area contributed by atoms with Crippen LogP contribution in [-0.4, -0.2) is 20.4 Å². The molecule has 4 rings (SSSR count). The number of benzene rings is 2. The van der Waals surface area contributed by atoms with Crippen LogP contribution in [0.3, 0.4) is 0 Å². The lowest BCUT2D eigenvalue weighted by Crippen LogP contribution is -1.72. The van der Waals surface area contributed by atoms with Gasteiger partial charge in [-0.15, -0.1) is 0 Å². The minimum atomic E-state index is 1.07. The first-order valence-corrected chi connectivity index (χ1v) is 8.24. The predicted octanol–water partition coefficient (Wildman–Crippen LogP) is 4.24. The lowest BCUT2D eigenvalue weighted by atomic mass is 10.3. The van der Waals surface area contributed by atoms with E-state index in [4.69, 9.17) is 0 Å². The van der Waals surface area contributed by atoms with Crippen molar-refractivity contribution in [3.05, 3.63) is 48.8 Å². The Morgan fingerprint density at radius 2 is 1.20 bits per heavy atom. The van der Waals surface area contributed by atoms with Gasteiger partial charge >= 0.3 is 0 Å². The van der Waals surface area contributed by atoms with Crippen LogP contribution in [0.4, 0.5) is 0 Å². The molecular formula is C14H10N4S2. The molecule has 0 aliphatic heterocycles. The zero-order chi connectivity index (χ0) is 13.4. The van der Waals surface area contributed by atoms with Gasteiger partial charge in [-0.2, -0.15) is 10.2 Å². The molecule has 2 N–H and O–H groups in total. The van der Waals surface area contributed by atoms with Gasteiger partial charge in [-0.1, -0.05) is 21.6 Å². The molecule has 0 saturated carbocycles. The van der Waals surface area contributed by atoms with Crippen LogP contribution in [0.25, 0.3) is 21.8 Å². The van der Waals surface area contributed by atoms with Crippen molar-refractivity contribution < 1.29 is 0 Å². The summed E-state index contributed by atoms with van der Waals surface area (Å²) < 4.78 is 0. The molecule has 98 valence electrons. The second-order valence-electron chi connectivity index (χ2n) is 4.40. The van der Waals surface area contributed by atoms with E-state index in [0.29, 0.717) is 0 Å². The molecule has 0 aliphatic carbocycles. The molecule has 0 aliphatic rings. The Labute approximate surface area is 122 Å². The molecule has 6 heteroatoms. The first-order chi connectivity index (χ1) is 9.88. The normalized spacial score (nSPS) is 11.4. The minimum Gasteiger partial charge on any atom is -0.278 e. The average molecular weight is 298 g/mol. The molecule has 0 amide bonds. The largest absolute Gasteiger partial charge is 0.278 e. The average Bonchev–Trinajstić information content (AvgIpc) is 3.12. The van der Waals surface area contributed by atoms with Crippen LogP contribution >= 0.6 is 21.6 Å². The SMILES string of the molecule is c1cc2[nH]ncc2cc1SSc1ccc2[nH]ncc2c1. The quantitative estimate of drug-likeness (QED) is 0.555. The van der Waals surface area contributed by atoms with Crippen molar-refractivity contribution in [2.24, 2.45) is 0 Å². The van der Waals surface area contributed by atoms with Gasteiger partial charge in [0.15, 0.2) is 0 Å². The smallest absolute Gasteiger partial charge is 0.0651 e. The molecule has 2 aromatic carbocycles. The molecule has 0 spiro atoms. The zero-order valence-electron chi connectivity index (χ0n) is 10.3. The molecule has 2 heterocycles. The number of nitrogens with zero attached hydrogens (tertiary/aromatic N) is 2. The van der Waals surface area contributed by atoms with Crippen LogP contribution in [-0.2, 0) is 0 Å². The summed E-state index contributed by atoms with van der Waals surface area (Å²) in [5.74, 6) is 0. The minimum absolute atomic E-state index is 1.07. The molecule has 0 bridgehead atoms. The fourth-order valence-electron chi connectivity index (χ4n) is 2.04. The van der Waals surface area contributed by atoms with Gasteiger partial charge in [0, 0.05) is 20.6 Å². The third-order valence-corrected chi connectivity index (χ3v) is 5.44. The predicted molar refractivity (Wildman–Crippen MR) is 83.9 cm³/mol. The number of H-pyrrole nitrogens is 2. The molecule has 0 saturated heterocycles. The highest BCUT2D eigenvalue weighted by molar-refractivity contribution is 8.76. The zero-order valence-corrected chi connectivity index (χ0v) is 12.0. The Kier molecular flexibility index (Phi) is 2.90. The highest BCUT2D eigenvalue weighted by atomic mass is 33.1. The molecule has 4 aromatic rings. The number of aromatic amines is 2. The summed E-state index contributed by atoms with van der Waals surface area (Å²) in [6, 6.07) is 12.6. The van der Waals surface area contributed by atoms with Crippen molar-refractivity contribution in [2.45, 2.75) is 9.79 Å². The van der Waals surface area contributed by atoms with E-state index >= 15 is 0 Å². The van der Waals surface area contributed by atoms with E-state index in [0.717, 1.165) is 21.8 Å². The number of hydrogen-bond acceptors (Lipinski definition) is 4. The monoisotopic (exact) mass is 298 g/mol. The summed E-state index contributed by atoms with van der Waals surface area (Å²) in [6.45, 7) is 0. The molecule has 0 unspecified atom stereocenters. The fraction of sp³-hybridized carbons (Fsp3) is 0. The van der Waals surface area contributed by atoms with E-state index < -0.39 is 0 Å². The number of fused-ring (bicyclic) bond motifs is 2. The van der Waals surface area contributed by atoms with Crippen molar-refractivity contribution >= 4 is 43.4 Å².